The maximum Gasteiger partial charge on any atom is 0.342 e. The lowest BCUT2D eigenvalue weighted by Gasteiger charge is -2.13. The summed E-state index contributed by atoms with van der Waals surface area (Å²) in [6, 6.07) is 0. The zero-order chi connectivity index (χ0) is 11.7. The average Bonchev–Trinajstić information content (AvgIpc) is 2.19. The van der Waals surface area contributed by atoms with Crippen molar-refractivity contribution in [3.63, 3.8) is 0 Å². The molecule has 0 spiro atoms. The Morgan fingerprint density at radius 3 is 2.40 bits per heavy atom. The maximum atomic E-state index is 11.4. The lowest BCUT2D eigenvalue weighted by Crippen LogP contribution is -2.23. The van der Waals surface area contributed by atoms with Crippen LogP contribution in [0.25, 0.3) is 0 Å². The molecule has 0 saturated heterocycles. The Kier molecular flexibility index (Phi) is 7.67. The molecule has 1 atom stereocenters. The Morgan fingerprint density at radius 1 is 1.27 bits per heavy atom. The Morgan fingerprint density at radius 2 is 1.93 bits per heavy atom. The van der Waals surface area contributed by atoms with Gasteiger partial charge in [-0.25, -0.2) is 4.79 Å². The second kappa shape index (κ2) is 8.26. The number of carbonyl (C=O) groups excluding carboxylic acids is 1. The molecule has 0 aromatic rings. The fraction of sp³-hybridized carbons (Fsp3) is 0.700. The van der Waals surface area contributed by atoms with E-state index in [-0.39, 0.29) is 12.2 Å². The van der Waals surface area contributed by atoms with Crippen LogP contribution in [0.4, 0.5) is 0 Å². The molecule has 0 amide bonds. The average molecular weight is 218 g/mol. The van der Waals surface area contributed by atoms with E-state index in [2.05, 4.69) is 0 Å². The van der Waals surface area contributed by atoms with E-state index in [1.807, 2.05) is 0 Å². The van der Waals surface area contributed by atoms with Crippen molar-refractivity contribution in [2.75, 3.05) is 19.8 Å². The predicted octanol–water partition coefficient (Wildman–Crippen LogP) is 0.825. The van der Waals surface area contributed by atoms with Gasteiger partial charge in [0.05, 0.1) is 19.5 Å². The maximum absolute atomic E-state index is 11.4. The van der Waals surface area contributed by atoms with Crippen LogP contribution in [0.2, 0.25) is 0 Å². The first kappa shape index (κ1) is 13.9. The highest BCUT2D eigenvalue weighted by Crippen LogP contribution is 2.07. The molecule has 0 fully saturated rings. The molecule has 0 radical (unpaired) electrons. The van der Waals surface area contributed by atoms with Crippen LogP contribution in [-0.2, 0) is 19.0 Å². The fourth-order valence-corrected chi connectivity index (χ4v) is 0.842. The van der Waals surface area contributed by atoms with Gasteiger partial charge in [0.15, 0.2) is 6.29 Å². The van der Waals surface area contributed by atoms with Crippen molar-refractivity contribution >= 4 is 5.97 Å². The smallest absolute Gasteiger partial charge is 0.342 e. The highest BCUT2D eigenvalue weighted by Gasteiger charge is 2.20. The van der Waals surface area contributed by atoms with Crippen molar-refractivity contribution in [2.24, 2.45) is 0 Å². The van der Waals surface area contributed by atoms with E-state index in [1.165, 1.54) is 6.26 Å². The van der Waals surface area contributed by atoms with Gasteiger partial charge in [0, 0.05) is 6.61 Å². The molecule has 0 rings (SSSR count). The molecule has 88 valence electrons. The Hall–Kier alpha value is -1.07. The summed E-state index contributed by atoms with van der Waals surface area (Å²) in [6.07, 6.45) is -0.140. The van der Waals surface area contributed by atoms with Gasteiger partial charge in [-0.1, -0.05) is 0 Å². The van der Waals surface area contributed by atoms with Gasteiger partial charge in [-0.05, 0) is 20.8 Å². The molecule has 0 aliphatic rings. The Labute approximate surface area is 89.6 Å². The van der Waals surface area contributed by atoms with Crippen molar-refractivity contribution in [1.29, 1.82) is 0 Å². The topological polar surface area (TPSA) is 65.0 Å². The van der Waals surface area contributed by atoms with Gasteiger partial charge in [-0.3, -0.25) is 0 Å². The van der Waals surface area contributed by atoms with Crippen LogP contribution in [0, 0.1) is 0 Å². The number of ether oxygens (including phenoxy) is 3. The van der Waals surface area contributed by atoms with Crippen molar-refractivity contribution in [2.45, 2.75) is 27.1 Å². The van der Waals surface area contributed by atoms with Gasteiger partial charge in [0.25, 0.3) is 0 Å². The largest absolute Gasteiger partial charge is 0.501 e. The standard InChI is InChI=1S/C10H18O5/c1-4-13-7-8(9(11)14-5-2)10(12)15-6-3/h7,9,11H,4-6H2,1-3H3. The quantitative estimate of drug-likeness (QED) is 0.297. The van der Waals surface area contributed by atoms with E-state index >= 15 is 0 Å². The first-order valence-electron chi connectivity index (χ1n) is 4.95. The SMILES string of the molecule is CCOC=C(C(=O)OCC)C(O)OCC. The van der Waals surface area contributed by atoms with Gasteiger partial charge in [-0.2, -0.15) is 0 Å². The van der Waals surface area contributed by atoms with Crippen LogP contribution in [0.15, 0.2) is 11.8 Å². The van der Waals surface area contributed by atoms with Crippen molar-refractivity contribution in [1.82, 2.24) is 0 Å². The molecule has 5 nitrogen and oxygen atoms in total. The van der Waals surface area contributed by atoms with E-state index in [4.69, 9.17) is 14.2 Å². The summed E-state index contributed by atoms with van der Waals surface area (Å²) in [4.78, 5) is 11.4. The number of aliphatic hydroxyl groups is 1. The molecule has 1 N–H and O–H groups in total. The number of carbonyl (C=O) groups is 1. The van der Waals surface area contributed by atoms with Crippen LogP contribution in [0.3, 0.4) is 0 Å². The van der Waals surface area contributed by atoms with E-state index < -0.39 is 12.3 Å². The second-order valence-corrected chi connectivity index (χ2v) is 2.56. The number of aliphatic hydroxyl groups excluding tert-OH is 1. The molecule has 15 heavy (non-hydrogen) atoms. The normalized spacial score (nSPS) is 13.5. The molecular weight excluding hydrogens is 200 g/mol. The molecule has 0 aliphatic carbocycles. The molecule has 1 unspecified atom stereocenters. The number of hydrogen-bond donors (Lipinski definition) is 1. The Bertz CT molecular complexity index is 212. The summed E-state index contributed by atoms with van der Waals surface area (Å²) in [5, 5.41) is 9.46. The third kappa shape index (κ3) is 5.39. The van der Waals surface area contributed by atoms with Gasteiger partial charge in [0.2, 0.25) is 0 Å². The summed E-state index contributed by atoms with van der Waals surface area (Å²) in [5.41, 5.74) is -0.0273. The summed E-state index contributed by atoms with van der Waals surface area (Å²) < 4.78 is 14.5. The molecule has 0 heterocycles. The van der Waals surface area contributed by atoms with Crippen molar-refractivity contribution < 1.29 is 24.1 Å². The minimum Gasteiger partial charge on any atom is -0.501 e. The third-order valence-corrected chi connectivity index (χ3v) is 1.48. The van der Waals surface area contributed by atoms with Gasteiger partial charge in [0.1, 0.15) is 5.57 Å². The van der Waals surface area contributed by atoms with Crippen molar-refractivity contribution in [3.05, 3.63) is 11.8 Å². The summed E-state index contributed by atoms with van der Waals surface area (Å²) in [7, 11) is 0. The second-order valence-electron chi connectivity index (χ2n) is 2.56. The molecule has 0 aromatic heterocycles. The zero-order valence-corrected chi connectivity index (χ0v) is 9.36. The lowest BCUT2D eigenvalue weighted by molar-refractivity contribution is -0.145. The summed E-state index contributed by atoms with van der Waals surface area (Å²) in [6.45, 7) is 6.11. The highest BCUT2D eigenvalue weighted by atomic mass is 16.6. The van der Waals surface area contributed by atoms with E-state index in [9.17, 15) is 9.90 Å². The van der Waals surface area contributed by atoms with Gasteiger partial charge < -0.3 is 19.3 Å². The summed E-state index contributed by atoms with van der Waals surface area (Å²) >= 11 is 0. The predicted molar refractivity (Wildman–Crippen MR) is 54.0 cm³/mol. The van der Waals surface area contributed by atoms with Gasteiger partial charge >= 0.3 is 5.97 Å². The van der Waals surface area contributed by atoms with Crippen LogP contribution < -0.4 is 0 Å². The number of rotatable bonds is 7. The minimum absolute atomic E-state index is 0.0273. The molecule has 0 saturated carbocycles. The molecule has 0 aromatic carbocycles. The lowest BCUT2D eigenvalue weighted by atomic mass is 10.3. The molecule has 0 bridgehead atoms. The first-order chi connectivity index (χ1) is 7.17. The zero-order valence-electron chi connectivity index (χ0n) is 9.36. The minimum atomic E-state index is -1.31. The van der Waals surface area contributed by atoms with E-state index in [1.54, 1.807) is 20.8 Å². The van der Waals surface area contributed by atoms with Crippen LogP contribution in [-0.4, -0.2) is 37.2 Å². The first-order valence-corrected chi connectivity index (χ1v) is 4.95. The molecule has 0 aliphatic heterocycles. The monoisotopic (exact) mass is 218 g/mol. The highest BCUT2D eigenvalue weighted by molar-refractivity contribution is 5.88. The van der Waals surface area contributed by atoms with Crippen molar-refractivity contribution in [3.8, 4) is 0 Å². The van der Waals surface area contributed by atoms with Crippen LogP contribution in [0.1, 0.15) is 20.8 Å². The molecule has 5 heteroatoms. The Balaban J connectivity index is 4.49. The van der Waals surface area contributed by atoms with Crippen LogP contribution in [0.5, 0.6) is 0 Å². The van der Waals surface area contributed by atoms with E-state index in [0.717, 1.165) is 0 Å². The number of hydrogen-bond acceptors (Lipinski definition) is 5. The van der Waals surface area contributed by atoms with E-state index in [0.29, 0.717) is 13.2 Å². The third-order valence-electron chi connectivity index (χ3n) is 1.48. The number of esters is 1. The van der Waals surface area contributed by atoms with Gasteiger partial charge in [-0.15, -0.1) is 0 Å². The summed E-state index contributed by atoms with van der Waals surface area (Å²) in [5.74, 6) is -0.632. The molecular formula is C10H18O5. The fourth-order valence-electron chi connectivity index (χ4n) is 0.842. The van der Waals surface area contributed by atoms with Crippen LogP contribution >= 0.6 is 0 Å².